The van der Waals surface area contributed by atoms with Gasteiger partial charge in [0.15, 0.2) is 0 Å². The fraction of sp³-hybridized carbons (Fsp3) is 0.975. The fourth-order valence-corrected chi connectivity index (χ4v) is 7.22. The van der Waals surface area contributed by atoms with Gasteiger partial charge in [0, 0.05) is 13.2 Å². The molecule has 294 valence electrons. The maximum atomic E-state index is 13.3. The second-order valence-electron chi connectivity index (χ2n) is 14.3. The molecule has 0 aliphatic carbocycles. The highest BCUT2D eigenvalue weighted by Gasteiger charge is 2.35. The van der Waals surface area contributed by atoms with E-state index in [1.807, 2.05) is 0 Å². The molecule has 0 heterocycles. The van der Waals surface area contributed by atoms with Crippen molar-refractivity contribution in [3.63, 3.8) is 0 Å². The first-order chi connectivity index (χ1) is 23.8. The third kappa shape index (κ3) is 31.9. The van der Waals surface area contributed by atoms with E-state index in [2.05, 4.69) is 20.8 Å². The largest absolute Gasteiger partial charge is 0.475 e. The van der Waals surface area contributed by atoms with Gasteiger partial charge in [0.05, 0.1) is 12.5 Å². The zero-order valence-corrected chi connectivity index (χ0v) is 33.7. The van der Waals surface area contributed by atoms with Crippen molar-refractivity contribution < 1.29 is 32.8 Å². The number of hydrogen-bond donors (Lipinski definition) is 2. The molecular formula is C40H82NO7P. The lowest BCUT2D eigenvalue weighted by Gasteiger charge is -2.27. The van der Waals surface area contributed by atoms with Crippen molar-refractivity contribution in [1.82, 2.24) is 0 Å². The number of unbranched alkanes of at least 4 members (excludes halogenated alkanes) is 24. The number of rotatable bonds is 39. The molecule has 0 amide bonds. The van der Waals surface area contributed by atoms with Crippen LogP contribution >= 0.6 is 7.82 Å². The molecule has 4 atom stereocenters. The topological polar surface area (TPSA) is 117 Å². The van der Waals surface area contributed by atoms with Crippen molar-refractivity contribution in [3.05, 3.63) is 0 Å². The minimum absolute atomic E-state index is 0.0706. The van der Waals surface area contributed by atoms with E-state index < -0.39 is 26.2 Å². The molecule has 9 heteroatoms. The third-order valence-corrected chi connectivity index (χ3v) is 10.5. The van der Waals surface area contributed by atoms with Crippen LogP contribution in [-0.4, -0.2) is 43.0 Å². The number of phosphoric ester groups is 1. The van der Waals surface area contributed by atoms with E-state index in [-0.39, 0.29) is 19.1 Å². The molecule has 49 heavy (non-hydrogen) atoms. The predicted octanol–water partition coefficient (Wildman–Crippen LogP) is 12.3. The van der Waals surface area contributed by atoms with Crippen molar-refractivity contribution in [3.8, 4) is 0 Å². The Hall–Kier alpha value is -0.500. The number of phosphoric acid groups is 1. The first-order valence-corrected chi connectivity index (χ1v) is 22.5. The minimum atomic E-state index is -4.48. The molecule has 0 aromatic rings. The monoisotopic (exact) mass is 720 g/mol. The van der Waals surface area contributed by atoms with Crippen LogP contribution in [0.2, 0.25) is 0 Å². The summed E-state index contributed by atoms with van der Waals surface area (Å²) < 4.78 is 34.6. The summed E-state index contributed by atoms with van der Waals surface area (Å²) in [5.74, 6) is -0.680. The van der Waals surface area contributed by atoms with E-state index in [0.29, 0.717) is 13.0 Å². The molecule has 8 nitrogen and oxygen atoms in total. The number of hydrogen-bond acceptors (Lipinski definition) is 7. The van der Waals surface area contributed by atoms with E-state index in [1.165, 1.54) is 141 Å². The van der Waals surface area contributed by atoms with Crippen LogP contribution in [0.5, 0.6) is 0 Å². The van der Waals surface area contributed by atoms with E-state index in [1.54, 1.807) is 6.92 Å². The minimum Gasteiger partial charge on any atom is -0.432 e. The Bertz CT molecular complexity index is 756. The maximum Gasteiger partial charge on any atom is 0.475 e. The molecule has 0 fully saturated rings. The normalized spacial score (nSPS) is 14.8. The molecule has 0 radical (unpaired) electrons. The Morgan fingerprint density at radius 1 is 0.592 bits per heavy atom. The van der Waals surface area contributed by atoms with Crippen molar-refractivity contribution in [2.75, 3.05) is 19.8 Å². The molecule has 0 aliphatic heterocycles. The number of nitrogens with two attached hydrogens (primary N) is 1. The SMILES string of the molecule is CCCCCCCCCCCCCCCCO[C@H](C)C(OC(=O)C(CCC)CCCCCCCCCCCCCC)OP(=O)(O)OCCN. The smallest absolute Gasteiger partial charge is 0.432 e. The van der Waals surface area contributed by atoms with Gasteiger partial charge in [-0.1, -0.05) is 188 Å². The van der Waals surface area contributed by atoms with Crippen LogP contribution in [0.4, 0.5) is 0 Å². The summed E-state index contributed by atoms with van der Waals surface area (Å²) in [6, 6.07) is 0. The van der Waals surface area contributed by atoms with Crippen LogP contribution in [0.3, 0.4) is 0 Å². The van der Waals surface area contributed by atoms with Crippen molar-refractivity contribution in [1.29, 1.82) is 0 Å². The Labute approximate surface area is 303 Å². The van der Waals surface area contributed by atoms with E-state index in [4.69, 9.17) is 24.3 Å². The van der Waals surface area contributed by atoms with Crippen molar-refractivity contribution >= 4 is 13.8 Å². The van der Waals surface area contributed by atoms with Crippen molar-refractivity contribution in [2.24, 2.45) is 11.7 Å². The van der Waals surface area contributed by atoms with Gasteiger partial charge in [-0.2, -0.15) is 0 Å². The second kappa shape index (κ2) is 35.9. The van der Waals surface area contributed by atoms with Gasteiger partial charge in [-0.25, -0.2) is 9.09 Å². The zero-order valence-electron chi connectivity index (χ0n) is 32.8. The molecule has 0 rings (SSSR count). The number of carbonyl (C=O) groups excluding carboxylic acids is 1. The first kappa shape index (κ1) is 48.5. The molecule has 0 saturated carbocycles. The van der Waals surface area contributed by atoms with Crippen LogP contribution < -0.4 is 5.73 Å². The van der Waals surface area contributed by atoms with Gasteiger partial charge in [0.25, 0.3) is 0 Å². The summed E-state index contributed by atoms with van der Waals surface area (Å²) >= 11 is 0. The second-order valence-corrected chi connectivity index (χ2v) is 15.7. The molecule has 3 unspecified atom stereocenters. The van der Waals surface area contributed by atoms with Gasteiger partial charge in [-0.05, 0) is 26.2 Å². The quantitative estimate of drug-likeness (QED) is 0.0279. The zero-order chi connectivity index (χ0) is 36.3. The molecular weight excluding hydrogens is 637 g/mol. The van der Waals surface area contributed by atoms with Gasteiger partial charge in [0.1, 0.15) is 6.10 Å². The van der Waals surface area contributed by atoms with E-state index in [9.17, 15) is 14.3 Å². The number of ether oxygens (including phenoxy) is 2. The summed E-state index contributed by atoms with van der Waals surface area (Å²) in [5.41, 5.74) is 5.45. The molecule has 0 aromatic heterocycles. The van der Waals surface area contributed by atoms with Gasteiger partial charge in [-0.15, -0.1) is 0 Å². The maximum absolute atomic E-state index is 13.3. The Morgan fingerprint density at radius 2 is 1.00 bits per heavy atom. The highest BCUT2D eigenvalue weighted by molar-refractivity contribution is 7.47. The van der Waals surface area contributed by atoms with Crippen LogP contribution in [0.25, 0.3) is 0 Å². The van der Waals surface area contributed by atoms with Gasteiger partial charge < -0.3 is 20.1 Å². The summed E-state index contributed by atoms with van der Waals surface area (Å²) in [5, 5.41) is 0. The van der Waals surface area contributed by atoms with Crippen LogP contribution in [0, 0.1) is 5.92 Å². The van der Waals surface area contributed by atoms with E-state index >= 15 is 0 Å². The highest BCUT2D eigenvalue weighted by atomic mass is 31.2. The lowest BCUT2D eigenvalue weighted by Crippen LogP contribution is -2.36. The summed E-state index contributed by atoms with van der Waals surface area (Å²) in [6.07, 6.45) is 33.3. The van der Waals surface area contributed by atoms with Crippen LogP contribution in [0.1, 0.15) is 214 Å². The molecule has 0 aliphatic rings. The molecule has 0 saturated heterocycles. The average molecular weight is 720 g/mol. The molecule has 0 aromatic carbocycles. The fourth-order valence-electron chi connectivity index (χ4n) is 6.35. The van der Waals surface area contributed by atoms with Gasteiger partial charge in [0.2, 0.25) is 6.29 Å². The number of esters is 1. The lowest BCUT2D eigenvalue weighted by molar-refractivity contribution is -0.192. The number of carbonyl (C=O) groups is 1. The average Bonchev–Trinajstić information content (AvgIpc) is 3.08. The predicted molar refractivity (Wildman–Crippen MR) is 206 cm³/mol. The van der Waals surface area contributed by atoms with Gasteiger partial charge >= 0.3 is 13.8 Å². The van der Waals surface area contributed by atoms with E-state index in [0.717, 1.165) is 38.5 Å². The molecule has 3 N–H and O–H groups in total. The van der Waals surface area contributed by atoms with Gasteiger partial charge in [-0.3, -0.25) is 9.32 Å². The highest BCUT2D eigenvalue weighted by Crippen LogP contribution is 2.45. The van der Waals surface area contributed by atoms with Crippen molar-refractivity contribution in [2.45, 2.75) is 226 Å². The Balaban J connectivity index is 4.51. The summed E-state index contributed by atoms with van der Waals surface area (Å²) in [7, 11) is -4.48. The Morgan fingerprint density at radius 3 is 1.41 bits per heavy atom. The third-order valence-electron chi connectivity index (χ3n) is 9.48. The Kier molecular flexibility index (Phi) is 35.5. The molecule has 0 bridgehead atoms. The lowest BCUT2D eigenvalue weighted by atomic mass is 9.96. The summed E-state index contributed by atoms with van der Waals surface area (Å²) in [6.45, 7) is 8.69. The standard InChI is InChI=1S/C40H82NO7P/c1-5-8-10-12-14-16-18-20-21-23-25-27-29-31-35-45-37(4)40(48-49(43,44)46-36-34-41)47-39(42)38(32-7-3)33-30-28-26-24-22-19-17-15-13-11-9-6-2/h37-38,40H,5-36,41H2,1-4H3,(H,43,44)/t37-,38?,40?/m1/s1. The first-order valence-electron chi connectivity index (χ1n) is 21.0. The van der Waals surface area contributed by atoms with Crippen LogP contribution in [-0.2, 0) is 27.9 Å². The molecule has 0 spiro atoms. The summed E-state index contributed by atoms with van der Waals surface area (Å²) in [4.78, 5) is 23.6. The van der Waals surface area contributed by atoms with Crippen LogP contribution in [0.15, 0.2) is 0 Å².